The highest BCUT2D eigenvalue weighted by atomic mass is 32.1. The van der Waals surface area contributed by atoms with Crippen LogP contribution in [0.2, 0.25) is 0 Å². The average molecular weight is 368 g/mol. The summed E-state index contributed by atoms with van der Waals surface area (Å²) in [5.74, 6) is -1.41. The van der Waals surface area contributed by atoms with Crippen molar-refractivity contribution < 1.29 is 19.4 Å². The van der Waals surface area contributed by atoms with E-state index >= 15 is 0 Å². The maximum atomic E-state index is 12.8. The van der Waals surface area contributed by atoms with Gasteiger partial charge < -0.3 is 15.2 Å². The number of ether oxygens (including phenoxy) is 1. The van der Waals surface area contributed by atoms with Crippen LogP contribution in [-0.2, 0) is 14.9 Å². The molecule has 1 aliphatic carbocycles. The van der Waals surface area contributed by atoms with E-state index in [0.29, 0.717) is 17.2 Å². The molecule has 0 aliphatic heterocycles. The third kappa shape index (κ3) is 3.19. The SMILES string of the molecule is CCOC1CC(NC(=O)c2sc(C(C)(C)C)nc2C)(C(=O)O)C1(C)C. The number of nitrogens with zero attached hydrogens (tertiary/aromatic N) is 1. The number of amides is 1. The summed E-state index contributed by atoms with van der Waals surface area (Å²) in [5.41, 5.74) is -1.56. The van der Waals surface area contributed by atoms with Crippen molar-refractivity contribution in [2.45, 2.75) is 71.9 Å². The zero-order valence-corrected chi connectivity index (χ0v) is 16.8. The van der Waals surface area contributed by atoms with Crippen molar-refractivity contribution >= 4 is 23.2 Å². The fourth-order valence-corrected chi connectivity index (χ4v) is 4.23. The summed E-state index contributed by atoms with van der Waals surface area (Å²) in [6.07, 6.45) is 0.0698. The van der Waals surface area contributed by atoms with Crippen molar-refractivity contribution in [3.8, 4) is 0 Å². The largest absolute Gasteiger partial charge is 0.479 e. The molecule has 0 bridgehead atoms. The molecule has 1 fully saturated rings. The lowest BCUT2D eigenvalue weighted by Crippen LogP contribution is -2.76. The molecular weight excluding hydrogens is 340 g/mol. The smallest absolute Gasteiger partial charge is 0.330 e. The van der Waals surface area contributed by atoms with Gasteiger partial charge in [-0.2, -0.15) is 0 Å². The second-order valence-electron chi connectivity index (χ2n) is 8.22. The van der Waals surface area contributed by atoms with Gasteiger partial charge in [-0.05, 0) is 13.8 Å². The number of carboxylic acids is 1. The predicted molar refractivity (Wildman–Crippen MR) is 97.2 cm³/mol. The molecule has 25 heavy (non-hydrogen) atoms. The van der Waals surface area contributed by atoms with Gasteiger partial charge in [-0.3, -0.25) is 4.79 Å². The van der Waals surface area contributed by atoms with E-state index in [-0.39, 0.29) is 23.8 Å². The van der Waals surface area contributed by atoms with E-state index in [1.807, 2.05) is 41.5 Å². The first-order valence-corrected chi connectivity index (χ1v) is 9.34. The third-order valence-corrected chi connectivity index (χ3v) is 6.68. The van der Waals surface area contributed by atoms with Gasteiger partial charge in [0, 0.05) is 23.9 Å². The van der Waals surface area contributed by atoms with E-state index in [2.05, 4.69) is 10.3 Å². The molecule has 7 heteroatoms. The van der Waals surface area contributed by atoms with Gasteiger partial charge >= 0.3 is 5.97 Å². The number of hydrogen-bond donors (Lipinski definition) is 2. The monoisotopic (exact) mass is 368 g/mol. The van der Waals surface area contributed by atoms with Crippen LogP contribution in [0.5, 0.6) is 0 Å². The Labute approximate surface area is 153 Å². The summed E-state index contributed by atoms with van der Waals surface area (Å²) in [6, 6.07) is 0. The minimum atomic E-state index is -1.33. The van der Waals surface area contributed by atoms with Crippen molar-refractivity contribution in [2.24, 2.45) is 5.41 Å². The van der Waals surface area contributed by atoms with Crippen LogP contribution in [0.15, 0.2) is 0 Å². The summed E-state index contributed by atoms with van der Waals surface area (Å²) in [6.45, 7) is 13.9. The molecule has 2 N–H and O–H groups in total. The van der Waals surface area contributed by atoms with Crippen LogP contribution < -0.4 is 5.32 Å². The number of carbonyl (C=O) groups is 2. The molecule has 2 rings (SSSR count). The molecule has 0 aromatic carbocycles. The summed E-state index contributed by atoms with van der Waals surface area (Å²) < 4.78 is 5.63. The van der Waals surface area contributed by atoms with Gasteiger partial charge in [0.2, 0.25) is 0 Å². The molecular formula is C18H28N2O4S. The molecule has 1 amide bonds. The Morgan fingerprint density at radius 2 is 2.00 bits per heavy atom. The van der Waals surface area contributed by atoms with Crippen molar-refractivity contribution in [1.29, 1.82) is 0 Å². The Morgan fingerprint density at radius 1 is 1.40 bits per heavy atom. The molecule has 1 aliphatic rings. The number of carboxylic acid groups (broad SMARTS) is 1. The van der Waals surface area contributed by atoms with E-state index < -0.39 is 16.9 Å². The van der Waals surface area contributed by atoms with Gasteiger partial charge in [0.1, 0.15) is 10.4 Å². The van der Waals surface area contributed by atoms with E-state index in [9.17, 15) is 14.7 Å². The van der Waals surface area contributed by atoms with Gasteiger partial charge in [0.05, 0.1) is 16.8 Å². The summed E-state index contributed by atoms with van der Waals surface area (Å²) >= 11 is 1.33. The van der Waals surface area contributed by atoms with Crippen LogP contribution in [0.25, 0.3) is 0 Å². The fraction of sp³-hybridized carbons (Fsp3) is 0.722. The topological polar surface area (TPSA) is 88.5 Å². The first-order valence-electron chi connectivity index (χ1n) is 8.52. The molecule has 1 heterocycles. The van der Waals surface area contributed by atoms with Crippen molar-refractivity contribution in [1.82, 2.24) is 10.3 Å². The lowest BCUT2D eigenvalue weighted by atomic mass is 9.54. The highest BCUT2D eigenvalue weighted by molar-refractivity contribution is 7.14. The lowest BCUT2D eigenvalue weighted by Gasteiger charge is -2.58. The number of carbonyl (C=O) groups excluding carboxylic acids is 1. The van der Waals surface area contributed by atoms with Gasteiger partial charge in [0.25, 0.3) is 5.91 Å². The Balaban J connectivity index is 2.29. The standard InChI is InChI=1S/C18H28N2O4S/c1-8-24-11-9-18(15(22)23,17(11,6)7)20-13(21)12-10(2)19-14(25-12)16(3,4)5/h11H,8-9H2,1-7H3,(H,20,21)(H,22,23). The molecule has 2 unspecified atom stereocenters. The molecule has 1 aromatic rings. The quantitative estimate of drug-likeness (QED) is 0.833. The molecule has 0 spiro atoms. The predicted octanol–water partition coefficient (Wildman–Crippen LogP) is 3.14. The number of thiazole rings is 1. The normalized spacial score (nSPS) is 25.3. The van der Waals surface area contributed by atoms with E-state index in [1.165, 1.54) is 11.3 Å². The minimum absolute atomic E-state index is 0.158. The van der Waals surface area contributed by atoms with Gasteiger partial charge in [0.15, 0.2) is 0 Å². The second-order valence-corrected chi connectivity index (χ2v) is 9.22. The number of rotatable bonds is 5. The number of aryl methyl sites for hydroxylation is 1. The summed E-state index contributed by atoms with van der Waals surface area (Å²) in [7, 11) is 0. The van der Waals surface area contributed by atoms with Crippen LogP contribution in [0.1, 0.15) is 68.3 Å². The molecule has 0 saturated heterocycles. The Hall–Kier alpha value is -1.47. The molecule has 140 valence electrons. The Morgan fingerprint density at radius 3 is 2.40 bits per heavy atom. The molecule has 6 nitrogen and oxygen atoms in total. The first-order chi connectivity index (χ1) is 11.4. The maximum absolute atomic E-state index is 12.8. The highest BCUT2D eigenvalue weighted by Crippen LogP contribution is 2.51. The number of aliphatic carboxylic acids is 1. The minimum Gasteiger partial charge on any atom is -0.479 e. The van der Waals surface area contributed by atoms with Crippen molar-refractivity contribution in [2.75, 3.05) is 6.61 Å². The highest BCUT2D eigenvalue weighted by Gasteiger charge is 2.66. The van der Waals surface area contributed by atoms with E-state index in [4.69, 9.17) is 4.74 Å². The molecule has 1 aromatic heterocycles. The number of hydrogen-bond acceptors (Lipinski definition) is 5. The average Bonchev–Trinajstić information content (AvgIpc) is 2.87. The van der Waals surface area contributed by atoms with Gasteiger partial charge in [-0.15, -0.1) is 11.3 Å². The van der Waals surface area contributed by atoms with E-state index in [0.717, 1.165) is 5.01 Å². The Kier molecular flexibility index (Phi) is 5.05. The summed E-state index contributed by atoms with van der Waals surface area (Å²) in [5, 5.41) is 13.5. The molecule has 0 radical (unpaired) electrons. The van der Waals surface area contributed by atoms with Crippen molar-refractivity contribution in [3.05, 3.63) is 15.6 Å². The van der Waals surface area contributed by atoms with Gasteiger partial charge in [-0.1, -0.05) is 34.6 Å². The zero-order valence-electron chi connectivity index (χ0n) is 16.0. The summed E-state index contributed by atoms with van der Waals surface area (Å²) in [4.78, 5) is 29.8. The van der Waals surface area contributed by atoms with Crippen LogP contribution >= 0.6 is 11.3 Å². The Bertz CT molecular complexity index is 690. The fourth-order valence-electron chi connectivity index (χ4n) is 3.22. The lowest BCUT2D eigenvalue weighted by molar-refractivity contribution is -0.190. The number of nitrogens with one attached hydrogen (secondary N) is 1. The third-order valence-electron chi connectivity index (χ3n) is 5.10. The van der Waals surface area contributed by atoms with Crippen molar-refractivity contribution in [3.63, 3.8) is 0 Å². The maximum Gasteiger partial charge on any atom is 0.330 e. The van der Waals surface area contributed by atoms with E-state index in [1.54, 1.807) is 6.92 Å². The first kappa shape index (κ1) is 19.8. The zero-order chi connectivity index (χ0) is 19.2. The van der Waals surface area contributed by atoms with Crippen LogP contribution in [0.4, 0.5) is 0 Å². The molecule has 1 saturated carbocycles. The van der Waals surface area contributed by atoms with Crippen LogP contribution in [-0.4, -0.2) is 40.2 Å². The number of aromatic nitrogens is 1. The second kappa shape index (κ2) is 6.36. The molecule has 2 atom stereocenters. The van der Waals surface area contributed by atoms with Gasteiger partial charge in [-0.25, -0.2) is 9.78 Å². The van der Waals surface area contributed by atoms with Crippen LogP contribution in [0, 0.1) is 12.3 Å². The van der Waals surface area contributed by atoms with Crippen LogP contribution in [0.3, 0.4) is 0 Å².